The number of ether oxygens (including phenoxy) is 2. The zero-order valence-corrected chi connectivity index (χ0v) is 16.1. The largest absolute Gasteiger partial charge is 0.495 e. The Morgan fingerprint density at radius 3 is 2.29 bits per heavy atom. The van der Waals surface area contributed by atoms with Gasteiger partial charge in [-0.25, -0.2) is 0 Å². The molecular formula is C18H26BClO4. The molecule has 0 bridgehead atoms. The van der Waals surface area contributed by atoms with Gasteiger partial charge in [0.25, 0.3) is 0 Å². The minimum absolute atomic E-state index is 0.179. The molecule has 0 unspecified atom stereocenters. The second-order valence-corrected chi connectivity index (χ2v) is 8.27. The minimum atomic E-state index is -0.443. The molecule has 1 saturated heterocycles. The van der Waals surface area contributed by atoms with Crippen molar-refractivity contribution in [3.05, 3.63) is 22.7 Å². The summed E-state index contributed by atoms with van der Waals surface area (Å²) in [5, 5.41) is 0.711. The molecule has 0 aromatic heterocycles. The fraction of sp³-hybridized carbons (Fsp3) is 0.667. The lowest BCUT2D eigenvalue weighted by Crippen LogP contribution is -2.41. The van der Waals surface area contributed by atoms with Gasteiger partial charge in [0.15, 0.2) is 6.79 Å². The summed E-state index contributed by atoms with van der Waals surface area (Å²) in [6.45, 7) is 10.6. The Morgan fingerprint density at radius 1 is 1.21 bits per heavy atom. The van der Waals surface area contributed by atoms with Crippen LogP contribution < -0.4 is 10.2 Å². The lowest BCUT2D eigenvalue weighted by molar-refractivity contribution is 0.00578. The van der Waals surface area contributed by atoms with E-state index in [-0.39, 0.29) is 18.0 Å². The second-order valence-electron chi connectivity index (χ2n) is 7.87. The van der Waals surface area contributed by atoms with E-state index in [0.717, 1.165) is 17.4 Å². The van der Waals surface area contributed by atoms with Gasteiger partial charge in [0.1, 0.15) is 5.75 Å². The predicted octanol–water partition coefficient (Wildman–Crippen LogP) is 3.75. The number of benzene rings is 1. The summed E-state index contributed by atoms with van der Waals surface area (Å²) in [4.78, 5) is 0. The highest BCUT2D eigenvalue weighted by Crippen LogP contribution is 2.49. The van der Waals surface area contributed by atoms with E-state index in [1.54, 1.807) is 7.11 Å². The van der Waals surface area contributed by atoms with Crippen LogP contribution in [0, 0.1) is 5.92 Å². The van der Waals surface area contributed by atoms with E-state index in [1.165, 1.54) is 0 Å². The van der Waals surface area contributed by atoms with Gasteiger partial charge in [-0.1, -0.05) is 18.5 Å². The minimum Gasteiger partial charge on any atom is -0.468 e. The van der Waals surface area contributed by atoms with E-state index < -0.39 is 7.12 Å². The Morgan fingerprint density at radius 2 is 1.79 bits per heavy atom. The van der Waals surface area contributed by atoms with E-state index in [9.17, 15) is 0 Å². The molecule has 0 spiro atoms. The fourth-order valence-electron chi connectivity index (χ4n) is 3.10. The molecule has 24 heavy (non-hydrogen) atoms. The molecule has 1 aromatic carbocycles. The third kappa shape index (κ3) is 3.19. The van der Waals surface area contributed by atoms with Crippen molar-refractivity contribution in [2.75, 3.05) is 13.9 Å². The number of hydrogen-bond acceptors (Lipinski definition) is 4. The van der Waals surface area contributed by atoms with E-state index in [1.807, 2.05) is 12.1 Å². The van der Waals surface area contributed by atoms with Crippen molar-refractivity contribution >= 4 is 24.2 Å². The molecule has 1 aromatic rings. The van der Waals surface area contributed by atoms with Gasteiger partial charge in [-0.2, -0.15) is 0 Å². The number of halogens is 1. The molecule has 6 heteroatoms. The first-order valence-corrected chi connectivity index (χ1v) is 8.85. The Hall–Kier alpha value is -0.745. The van der Waals surface area contributed by atoms with Crippen LogP contribution in [0.5, 0.6) is 5.75 Å². The third-order valence-electron chi connectivity index (χ3n) is 5.47. The first-order chi connectivity index (χ1) is 11.2. The lowest BCUT2D eigenvalue weighted by Gasteiger charge is -2.32. The zero-order valence-electron chi connectivity index (χ0n) is 15.3. The quantitative estimate of drug-likeness (QED) is 0.597. The highest BCUT2D eigenvalue weighted by Gasteiger charge is 2.53. The highest BCUT2D eigenvalue weighted by molar-refractivity contribution is 6.63. The molecule has 0 radical (unpaired) electrons. The topological polar surface area (TPSA) is 36.9 Å². The molecule has 0 N–H and O–H groups in total. The maximum atomic E-state index is 6.60. The normalized spacial score (nSPS) is 27.4. The van der Waals surface area contributed by atoms with E-state index in [2.05, 4.69) is 34.6 Å². The smallest absolute Gasteiger partial charge is 0.468 e. The maximum Gasteiger partial charge on any atom is 0.495 e. The molecule has 1 aliphatic heterocycles. The van der Waals surface area contributed by atoms with Crippen LogP contribution in [0.15, 0.2) is 12.1 Å². The molecule has 4 nitrogen and oxygen atoms in total. The lowest BCUT2D eigenvalue weighted by atomic mass is 9.74. The number of methoxy groups -OCH3 is 1. The van der Waals surface area contributed by atoms with E-state index in [0.29, 0.717) is 22.6 Å². The molecule has 2 atom stereocenters. The summed E-state index contributed by atoms with van der Waals surface area (Å²) in [5.41, 5.74) is 1.33. The standard InChI is InChI=1S/C18H26BClO4/c1-11-7-13(11)16-14(8-12(9-15(16)20)22-10-21-6)19-23-17(2,3)18(4,5)24-19/h8-9,11,13H,7,10H2,1-6H3/t11-,13-/m1/s1. The zero-order chi connectivity index (χ0) is 17.7. The van der Waals surface area contributed by atoms with Gasteiger partial charge in [-0.15, -0.1) is 0 Å². The Bertz CT molecular complexity index is 616. The Kier molecular flexibility index (Phi) is 4.67. The van der Waals surface area contributed by atoms with Gasteiger partial charge in [-0.3, -0.25) is 0 Å². The molecule has 0 amide bonds. The third-order valence-corrected chi connectivity index (χ3v) is 5.78. The van der Waals surface area contributed by atoms with Crippen LogP contribution in [0.2, 0.25) is 5.02 Å². The summed E-state index contributed by atoms with van der Waals surface area (Å²) in [5.74, 6) is 1.76. The first kappa shape index (κ1) is 18.1. The summed E-state index contributed by atoms with van der Waals surface area (Å²) >= 11 is 6.60. The summed E-state index contributed by atoms with van der Waals surface area (Å²) in [6, 6.07) is 3.84. The second kappa shape index (κ2) is 6.20. The van der Waals surface area contributed by atoms with Crippen LogP contribution in [-0.2, 0) is 14.0 Å². The van der Waals surface area contributed by atoms with Gasteiger partial charge in [0, 0.05) is 12.1 Å². The van der Waals surface area contributed by atoms with E-state index in [4.69, 9.17) is 30.4 Å². The molecule has 1 aliphatic carbocycles. The maximum absolute atomic E-state index is 6.60. The van der Waals surface area contributed by atoms with Gasteiger partial charge >= 0.3 is 7.12 Å². The summed E-state index contributed by atoms with van der Waals surface area (Å²) < 4.78 is 23.1. The molecule has 3 rings (SSSR count). The van der Waals surface area contributed by atoms with Gasteiger partial charge < -0.3 is 18.8 Å². The van der Waals surface area contributed by atoms with Crippen LogP contribution in [-0.4, -0.2) is 32.2 Å². The van der Waals surface area contributed by atoms with Crippen molar-refractivity contribution in [1.29, 1.82) is 0 Å². The summed E-state index contributed by atoms with van der Waals surface area (Å²) in [6.07, 6.45) is 1.14. The SMILES string of the molecule is COCOc1cc(Cl)c([C@@H]2C[C@H]2C)c(B2OC(C)(C)C(C)(C)O2)c1. The Labute approximate surface area is 149 Å². The van der Waals surface area contributed by atoms with Crippen LogP contribution in [0.25, 0.3) is 0 Å². The molecule has 132 valence electrons. The average Bonchev–Trinajstić information content (AvgIpc) is 3.13. The van der Waals surface area contributed by atoms with Crippen LogP contribution in [0.3, 0.4) is 0 Å². The van der Waals surface area contributed by atoms with E-state index >= 15 is 0 Å². The molecule has 2 fully saturated rings. The highest BCUT2D eigenvalue weighted by atomic mass is 35.5. The van der Waals surface area contributed by atoms with Gasteiger partial charge in [-0.05, 0) is 69.1 Å². The van der Waals surface area contributed by atoms with Crippen molar-refractivity contribution in [3.63, 3.8) is 0 Å². The van der Waals surface area contributed by atoms with Gasteiger partial charge in [0.05, 0.1) is 11.2 Å². The van der Waals surface area contributed by atoms with Crippen LogP contribution in [0.4, 0.5) is 0 Å². The van der Waals surface area contributed by atoms with Crippen molar-refractivity contribution in [2.45, 2.75) is 58.2 Å². The molecule has 2 aliphatic rings. The molecule has 1 heterocycles. The monoisotopic (exact) mass is 352 g/mol. The summed E-state index contributed by atoms with van der Waals surface area (Å²) in [7, 11) is 1.15. The van der Waals surface area contributed by atoms with Crippen LogP contribution in [0.1, 0.15) is 52.5 Å². The average molecular weight is 353 g/mol. The first-order valence-electron chi connectivity index (χ1n) is 8.47. The van der Waals surface area contributed by atoms with Crippen molar-refractivity contribution in [3.8, 4) is 5.75 Å². The van der Waals surface area contributed by atoms with Crippen molar-refractivity contribution in [2.24, 2.45) is 5.92 Å². The fourth-order valence-corrected chi connectivity index (χ4v) is 3.46. The predicted molar refractivity (Wildman–Crippen MR) is 96.2 cm³/mol. The van der Waals surface area contributed by atoms with Crippen molar-refractivity contribution in [1.82, 2.24) is 0 Å². The van der Waals surface area contributed by atoms with Gasteiger partial charge in [0.2, 0.25) is 0 Å². The molecular weight excluding hydrogens is 326 g/mol. The van der Waals surface area contributed by atoms with Crippen LogP contribution >= 0.6 is 11.6 Å². The number of rotatable bonds is 5. The van der Waals surface area contributed by atoms with Crippen molar-refractivity contribution < 1.29 is 18.8 Å². The number of hydrogen-bond donors (Lipinski definition) is 0. The molecule has 1 saturated carbocycles. The Balaban J connectivity index is 2.00.